The quantitative estimate of drug-likeness (QED) is 0.469. The minimum atomic E-state index is -3.96. The summed E-state index contributed by atoms with van der Waals surface area (Å²) in [5, 5.41) is 11.2. The molecule has 0 aliphatic carbocycles. The van der Waals surface area contributed by atoms with Gasteiger partial charge in [0.1, 0.15) is 5.75 Å². The van der Waals surface area contributed by atoms with Gasteiger partial charge in [-0.1, -0.05) is 12.1 Å². The van der Waals surface area contributed by atoms with Crippen molar-refractivity contribution in [2.24, 2.45) is 0 Å². The molecule has 1 amide bonds. The minimum absolute atomic E-state index is 0.0210. The Kier molecular flexibility index (Phi) is 6.76. The highest BCUT2D eigenvalue weighted by atomic mass is 32.2. The van der Waals surface area contributed by atoms with E-state index < -0.39 is 20.6 Å². The third-order valence-corrected chi connectivity index (χ3v) is 6.82. The predicted octanol–water partition coefficient (Wildman–Crippen LogP) is 2.15. The van der Waals surface area contributed by atoms with Crippen LogP contribution in [0.1, 0.15) is 17.3 Å². The van der Waals surface area contributed by atoms with Gasteiger partial charge in [0, 0.05) is 32.2 Å². The largest absolute Gasteiger partial charge is 0.493 e. The molecule has 0 saturated carbocycles. The highest BCUT2D eigenvalue weighted by Gasteiger charge is 2.32. The van der Waals surface area contributed by atoms with Gasteiger partial charge >= 0.3 is 5.69 Å². The molecule has 2 aromatic rings. The number of methoxy groups -OCH3 is 1. The lowest BCUT2D eigenvalue weighted by atomic mass is 10.1. The van der Waals surface area contributed by atoms with Crippen molar-refractivity contribution in [1.82, 2.24) is 9.21 Å². The molecule has 0 atom stereocenters. The van der Waals surface area contributed by atoms with E-state index in [4.69, 9.17) is 9.47 Å². The van der Waals surface area contributed by atoms with E-state index in [2.05, 4.69) is 0 Å². The Bertz CT molecular complexity index is 1080. The Morgan fingerprint density at radius 2 is 1.77 bits per heavy atom. The molecular weight excluding hydrogens is 426 g/mol. The van der Waals surface area contributed by atoms with Crippen molar-refractivity contribution in [2.75, 3.05) is 39.9 Å². The van der Waals surface area contributed by atoms with Crippen molar-refractivity contribution < 1.29 is 27.6 Å². The number of nitro groups is 1. The Hall–Kier alpha value is -3.18. The number of carbonyl (C=O) groups is 1. The third kappa shape index (κ3) is 4.62. The lowest BCUT2D eigenvalue weighted by Gasteiger charge is -2.34. The van der Waals surface area contributed by atoms with E-state index in [1.807, 2.05) is 6.92 Å². The first-order valence-electron chi connectivity index (χ1n) is 9.63. The first-order valence-corrected chi connectivity index (χ1v) is 11.1. The van der Waals surface area contributed by atoms with Crippen LogP contribution in [0.3, 0.4) is 0 Å². The Morgan fingerprint density at radius 1 is 1.10 bits per heavy atom. The molecule has 0 unspecified atom stereocenters. The number of hydrogen-bond acceptors (Lipinski definition) is 7. The van der Waals surface area contributed by atoms with Gasteiger partial charge in [0.15, 0.2) is 5.75 Å². The molecule has 1 aliphatic heterocycles. The predicted molar refractivity (Wildman–Crippen MR) is 112 cm³/mol. The number of ether oxygens (including phenoxy) is 2. The smallest absolute Gasteiger partial charge is 0.312 e. The van der Waals surface area contributed by atoms with Crippen LogP contribution in [0.2, 0.25) is 0 Å². The molecule has 1 heterocycles. The van der Waals surface area contributed by atoms with Crippen LogP contribution in [0.25, 0.3) is 0 Å². The van der Waals surface area contributed by atoms with E-state index in [1.54, 1.807) is 29.2 Å². The number of amides is 1. The average molecular weight is 449 g/mol. The Morgan fingerprint density at radius 3 is 2.39 bits per heavy atom. The molecule has 1 saturated heterocycles. The van der Waals surface area contributed by atoms with Crippen molar-refractivity contribution in [3.05, 3.63) is 58.1 Å². The number of nitrogens with zero attached hydrogens (tertiary/aromatic N) is 3. The summed E-state index contributed by atoms with van der Waals surface area (Å²) < 4.78 is 37.6. The number of para-hydroxylation sites is 1. The summed E-state index contributed by atoms with van der Waals surface area (Å²) in [6.07, 6.45) is 0. The number of benzene rings is 2. The molecule has 1 fully saturated rings. The van der Waals surface area contributed by atoms with Gasteiger partial charge in [-0.3, -0.25) is 14.9 Å². The van der Waals surface area contributed by atoms with Gasteiger partial charge in [-0.15, -0.1) is 0 Å². The second-order valence-electron chi connectivity index (χ2n) is 6.72. The number of hydrogen-bond donors (Lipinski definition) is 0. The number of nitro benzene ring substituents is 1. The molecule has 0 radical (unpaired) electrons. The normalized spacial score (nSPS) is 14.8. The molecule has 0 aromatic heterocycles. The molecule has 11 heteroatoms. The third-order valence-electron chi connectivity index (χ3n) is 4.93. The zero-order valence-electron chi connectivity index (χ0n) is 17.2. The summed E-state index contributed by atoms with van der Waals surface area (Å²) >= 11 is 0. The maximum Gasteiger partial charge on any atom is 0.312 e. The molecule has 3 rings (SSSR count). The molecule has 0 bridgehead atoms. The van der Waals surface area contributed by atoms with Gasteiger partial charge in [-0.25, -0.2) is 8.42 Å². The summed E-state index contributed by atoms with van der Waals surface area (Å²) in [6.45, 7) is 2.78. The second-order valence-corrected chi connectivity index (χ2v) is 8.65. The molecule has 0 N–H and O–H groups in total. The van der Waals surface area contributed by atoms with Crippen LogP contribution in [0, 0.1) is 10.1 Å². The number of piperazine rings is 1. The van der Waals surface area contributed by atoms with Crippen molar-refractivity contribution in [3.8, 4) is 11.5 Å². The van der Waals surface area contributed by atoms with Crippen LogP contribution < -0.4 is 9.47 Å². The molecule has 1 aliphatic rings. The highest BCUT2D eigenvalue weighted by molar-refractivity contribution is 7.89. The summed E-state index contributed by atoms with van der Waals surface area (Å²) in [5.74, 6) is 0.226. The van der Waals surface area contributed by atoms with Crippen LogP contribution in [0.5, 0.6) is 11.5 Å². The van der Waals surface area contributed by atoms with E-state index >= 15 is 0 Å². The maximum atomic E-state index is 13.0. The van der Waals surface area contributed by atoms with Gasteiger partial charge in [0.2, 0.25) is 10.0 Å². The van der Waals surface area contributed by atoms with E-state index in [9.17, 15) is 23.3 Å². The first-order chi connectivity index (χ1) is 14.8. The summed E-state index contributed by atoms with van der Waals surface area (Å²) in [5.41, 5.74) is -0.00337. The molecule has 31 heavy (non-hydrogen) atoms. The summed E-state index contributed by atoms with van der Waals surface area (Å²) in [7, 11) is -2.69. The van der Waals surface area contributed by atoms with Crippen molar-refractivity contribution in [1.29, 1.82) is 0 Å². The first kappa shape index (κ1) is 22.5. The van der Waals surface area contributed by atoms with Crippen LogP contribution in [0.4, 0.5) is 5.69 Å². The fraction of sp³-hybridized carbons (Fsp3) is 0.350. The Labute approximate surface area is 180 Å². The SMILES string of the molecule is CCOc1ccccc1C(=O)N1CCN(S(=O)(=O)c2ccc(OC)c([N+](=O)[O-])c2)CC1. The van der Waals surface area contributed by atoms with Crippen LogP contribution in [0.15, 0.2) is 47.4 Å². The molecule has 166 valence electrons. The maximum absolute atomic E-state index is 13.0. The summed E-state index contributed by atoms with van der Waals surface area (Å²) in [4.78, 5) is 24.8. The van der Waals surface area contributed by atoms with Crippen LogP contribution in [-0.2, 0) is 10.0 Å². The number of carbonyl (C=O) groups excluding carboxylic acids is 1. The Balaban J connectivity index is 1.75. The topological polar surface area (TPSA) is 119 Å². The van der Waals surface area contributed by atoms with Gasteiger partial charge in [0.05, 0.1) is 29.1 Å². The number of sulfonamides is 1. The van der Waals surface area contributed by atoms with Crippen molar-refractivity contribution in [3.63, 3.8) is 0 Å². The van der Waals surface area contributed by atoms with Gasteiger partial charge in [-0.2, -0.15) is 4.31 Å². The molecular formula is C20H23N3O7S. The summed E-state index contributed by atoms with van der Waals surface area (Å²) in [6, 6.07) is 10.4. The van der Waals surface area contributed by atoms with Gasteiger partial charge < -0.3 is 14.4 Å². The van der Waals surface area contributed by atoms with E-state index in [0.717, 1.165) is 6.07 Å². The van der Waals surface area contributed by atoms with E-state index in [-0.39, 0.29) is 42.7 Å². The highest BCUT2D eigenvalue weighted by Crippen LogP contribution is 2.31. The zero-order chi connectivity index (χ0) is 22.6. The standard InChI is InChI=1S/C20H23N3O7S/c1-3-30-18-7-5-4-6-16(18)20(24)21-10-12-22(13-11-21)31(27,28)15-8-9-19(29-2)17(14-15)23(25)26/h4-9,14H,3,10-13H2,1-2H3. The zero-order valence-corrected chi connectivity index (χ0v) is 18.0. The van der Waals surface area contributed by atoms with E-state index in [1.165, 1.54) is 23.5 Å². The van der Waals surface area contributed by atoms with Crippen LogP contribution in [-0.4, -0.2) is 68.3 Å². The molecule has 10 nitrogen and oxygen atoms in total. The average Bonchev–Trinajstić information content (AvgIpc) is 2.78. The lowest BCUT2D eigenvalue weighted by molar-refractivity contribution is -0.386. The lowest BCUT2D eigenvalue weighted by Crippen LogP contribution is -2.50. The van der Waals surface area contributed by atoms with Gasteiger partial charge in [-0.05, 0) is 31.2 Å². The second kappa shape index (κ2) is 9.31. The fourth-order valence-corrected chi connectivity index (χ4v) is 4.79. The van der Waals surface area contributed by atoms with E-state index in [0.29, 0.717) is 17.9 Å². The molecule has 2 aromatic carbocycles. The van der Waals surface area contributed by atoms with Crippen molar-refractivity contribution in [2.45, 2.75) is 11.8 Å². The van der Waals surface area contributed by atoms with Crippen molar-refractivity contribution >= 4 is 21.6 Å². The van der Waals surface area contributed by atoms with Gasteiger partial charge in [0.25, 0.3) is 5.91 Å². The minimum Gasteiger partial charge on any atom is -0.493 e. The monoisotopic (exact) mass is 449 g/mol. The molecule has 0 spiro atoms. The number of rotatable bonds is 7. The fourth-order valence-electron chi connectivity index (χ4n) is 3.35. The van der Waals surface area contributed by atoms with Crippen LogP contribution >= 0.6 is 0 Å².